The fourth-order valence-corrected chi connectivity index (χ4v) is 3.84. The van der Waals surface area contributed by atoms with E-state index in [9.17, 15) is 30.3 Å². The number of phenols is 1. The molecule has 2 aromatic rings. The van der Waals surface area contributed by atoms with Gasteiger partial charge >= 0.3 is 11.4 Å². The van der Waals surface area contributed by atoms with E-state index >= 15 is 0 Å². The number of nitrogens with zero attached hydrogens (tertiary/aromatic N) is 4. The lowest BCUT2D eigenvalue weighted by atomic mass is 9.92. The second-order valence-corrected chi connectivity index (χ2v) is 7.80. The number of hydrogen-bond donors (Lipinski definition) is 1. The Kier molecular flexibility index (Phi) is 8.59. The van der Waals surface area contributed by atoms with Gasteiger partial charge in [-0.05, 0) is 37.4 Å². The number of nitro groups is 3. The topological polar surface area (TPSA) is 153 Å². The van der Waals surface area contributed by atoms with Gasteiger partial charge in [0.05, 0.1) is 26.9 Å². The molecule has 1 aliphatic heterocycles. The molecule has 172 valence electrons. The highest BCUT2D eigenvalue weighted by Gasteiger charge is 2.30. The summed E-state index contributed by atoms with van der Waals surface area (Å²) in [6.07, 6.45) is 4.15. The molecule has 0 saturated carbocycles. The minimum atomic E-state index is -1.21. The zero-order chi connectivity index (χ0) is 23.8. The first-order valence-corrected chi connectivity index (χ1v) is 10.2. The van der Waals surface area contributed by atoms with Gasteiger partial charge in [0.25, 0.3) is 11.4 Å². The van der Waals surface area contributed by atoms with E-state index in [1.165, 1.54) is 37.9 Å². The van der Waals surface area contributed by atoms with Crippen molar-refractivity contribution in [1.82, 2.24) is 4.90 Å². The van der Waals surface area contributed by atoms with Crippen LogP contribution in [-0.4, -0.2) is 37.9 Å². The van der Waals surface area contributed by atoms with Crippen LogP contribution in [0.25, 0.3) is 0 Å². The molecule has 1 saturated heterocycles. The molecule has 1 heterocycles. The Morgan fingerprint density at radius 3 is 1.75 bits per heavy atom. The molecule has 1 aliphatic rings. The molecular formula is C21H26N4O7. The number of rotatable bonds is 6. The Hall–Kier alpha value is -3.60. The van der Waals surface area contributed by atoms with E-state index in [0.717, 1.165) is 0 Å². The van der Waals surface area contributed by atoms with Crippen LogP contribution in [0.15, 0.2) is 42.5 Å². The van der Waals surface area contributed by atoms with Gasteiger partial charge in [-0.2, -0.15) is 0 Å². The zero-order valence-electron chi connectivity index (χ0n) is 17.9. The van der Waals surface area contributed by atoms with Crippen LogP contribution >= 0.6 is 0 Å². The van der Waals surface area contributed by atoms with Crippen molar-refractivity contribution >= 4 is 17.1 Å². The lowest BCUT2D eigenvalue weighted by molar-refractivity contribution is -0.404. The fourth-order valence-electron chi connectivity index (χ4n) is 3.84. The van der Waals surface area contributed by atoms with Crippen molar-refractivity contribution in [3.63, 3.8) is 0 Å². The summed E-state index contributed by atoms with van der Waals surface area (Å²) in [6, 6.07) is 12.5. The predicted octanol–water partition coefficient (Wildman–Crippen LogP) is 4.99. The van der Waals surface area contributed by atoms with Gasteiger partial charge in [-0.25, -0.2) is 0 Å². The van der Waals surface area contributed by atoms with E-state index in [2.05, 4.69) is 49.1 Å². The third kappa shape index (κ3) is 6.20. The smallest absolute Gasteiger partial charge is 0.324 e. The van der Waals surface area contributed by atoms with E-state index in [-0.39, 0.29) is 0 Å². The second kappa shape index (κ2) is 11.1. The van der Waals surface area contributed by atoms with Crippen molar-refractivity contribution in [2.75, 3.05) is 13.1 Å². The summed E-state index contributed by atoms with van der Waals surface area (Å²) >= 11 is 0. The van der Waals surface area contributed by atoms with Crippen LogP contribution in [0, 0.1) is 36.3 Å². The third-order valence-electron chi connectivity index (χ3n) is 5.22. The van der Waals surface area contributed by atoms with Crippen molar-refractivity contribution in [3.05, 3.63) is 78.4 Å². The van der Waals surface area contributed by atoms with Crippen molar-refractivity contribution in [1.29, 1.82) is 0 Å². The van der Waals surface area contributed by atoms with E-state index < -0.39 is 37.6 Å². The zero-order valence-corrected chi connectivity index (χ0v) is 17.9. The molecule has 0 amide bonds. The van der Waals surface area contributed by atoms with Crippen LogP contribution in [0.4, 0.5) is 17.1 Å². The molecule has 3 rings (SSSR count). The van der Waals surface area contributed by atoms with Crippen LogP contribution in [-0.2, 0) is 0 Å². The quantitative estimate of drug-likeness (QED) is 0.481. The van der Waals surface area contributed by atoms with Crippen LogP contribution in [0.1, 0.15) is 44.7 Å². The molecule has 2 aromatic carbocycles. The number of non-ortho nitro benzene ring substituents is 1. The Morgan fingerprint density at radius 1 is 0.844 bits per heavy atom. The average Bonchev–Trinajstić information content (AvgIpc) is 2.75. The molecule has 11 nitrogen and oxygen atoms in total. The van der Waals surface area contributed by atoms with E-state index in [4.69, 9.17) is 5.11 Å². The largest absolute Gasteiger partial charge is 0.497 e. The number of likely N-dealkylation sites (tertiary alicyclic amines) is 1. The van der Waals surface area contributed by atoms with Crippen molar-refractivity contribution in [2.45, 2.75) is 39.2 Å². The first-order valence-electron chi connectivity index (χ1n) is 10.2. The normalized spacial score (nSPS) is 14.8. The number of piperidine rings is 1. The number of hydrogen-bond acceptors (Lipinski definition) is 8. The highest BCUT2D eigenvalue weighted by atomic mass is 16.6. The van der Waals surface area contributed by atoms with Crippen molar-refractivity contribution in [3.8, 4) is 5.75 Å². The monoisotopic (exact) mass is 446 g/mol. The van der Waals surface area contributed by atoms with E-state index in [1.54, 1.807) is 0 Å². The SMILES string of the molecule is CC(C)C(c1ccccc1)N1CCCCC1.O=[N+]([O-])c1cc([N+](=O)[O-])c(O)c([N+](=O)[O-])c1. The molecule has 11 heteroatoms. The highest BCUT2D eigenvalue weighted by Crippen LogP contribution is 2.39. The first-order chi connectivity index (χ1) is 15.1. The second-order valence-electron chi connectivity index (χ2n) is 7.80. The summed E-state index contributed by atoms with van der Waals surface area (Å²) in [6.45, 7) is 7.23. The average molecular weight is 446 g/mol. The van der Waals surface area contributed by atoms with Gasteiger partial charge in [-0.3, -0.25) is 35.2 Å². The number of benzene rings is 2. The number of nitro benzene ring substituents is 3. The van der Waals surface area contributed by atoms with Crippen LogP contribution < -0.4 is 0 Å². The van der Waals surface area contributed by atoms with Gasteiger partial charge in [0.1, 0.15) is 0 Å². The maximum atomic E-state index is 10.4. The fraction of sp³-hybridized carbons (Fsp3) is 0.429. The number of aromatic hydroxyl groups is 1. The molecule has 1 atom stereocenters. The van der Waals surface area contributed by atoms with E-state index in [1.807, 2.05) is 0 Å². The lowest BCUT2D eigenvalue weighted by Gasteiger charge is -2.37. The molecule has 1 fully saturated rings. The van der Waals surface area contributed by atoms with Gasteiger partial charge in [0.15, 0.2) is 0 Å². The molecule has 0 radical (unpaired) electrons. The van der Waals surface area contributed by atoms with Crippen LogP contribution in [0.3, 0.4) is 0 Å². The Labute approximate surface area is 184 Å². The highest BCUT2D eigenvalue weighted by molar-refractivity contribution is 5.64. The van der Waals surface area contributed by atoms with Gasteiger partial charge < -0.3 is 5.11 Å². The molecule has 0 aliphatic carbocycles. The van der Waals surface area contributed by atoms with Gasteiger partial charge in [-0.1, -0.05) is 50.6 Å². The third-order valence-corrected chi connectivity index (χ3v) is 5.22. The molecular weight excluding hydrogens is 420 g/mol. The van der Waals surface area contributed by atoms with E-state index in [0.29, 0.717) is 24.1 Å². The van der Waals surface area contributed by atoms with Gasteiger partial charge in [0, 0.05) is 6.04 Å². The molecule has 0 spiro atoms. The first kappa shape index (κ1) is 24.7. The van der Waals surface area contributed by atoms with Crippen LogP contribution in [0.2, 0.25) is 0 Å². The summed E-state index contributed by atoms with van der Waals surface area (Å²) < 4.78 is 0. The molecule has 1 N–H and O–H groups in total. The molecule has 1 unspecified atom stereocenters. The Balaban J connectivity index is 0.000000227. The van der Waals surface area contributed by atoms with Crippen molar-refractivity contribution < 1.29 is 19.9 Å². The van der Waals surface area contributed by atoms with Crippen molar-refractivity contribution in [2.24, 2.45) is 5.92 Å². The van der Waals surface area contributed by atoms with Gasteiger partial charge in [-0.15, -0.1) is 0 Å². The summed E-state index contributed by atoms with van der Waals surface area (Å²) in [7, 11) is 0. The predicted molar refractivity (Wildman–Crippen MR) is 118 cm³/mol. The maximum absolute atomic E-state index is 10.4. The molecule has 0 aromatic heterocycles. The molecule has 32 heavy (non-hydrogen) atoms. The summed E-state index contributed by atoms with van der Waals surface area (Å²) in [4.78, 5) is 30.4. The van der Waals surface area contributed by atoms with Crippen LogP contribution in [0.5, 0.6) is 5.75 Å². The summed E-state index contributed by atoms with van der Waals surface area (Å²) in [5.41, 5.74) is -1.52. The minimum absolute atomic E-state index is 0.447. The molecule has 0 bridgehead atoms. The Morgan fingerprint density at radius 2 is 1.34 bits per heavy atom. The Bertz CT molecular complexity index is 925. The summed E-state index contributed by atoms with van der Waals surface area (Å²) in [5, 5.41) is 40.2. The standard InChI is InChI=1S/C15H23N.C6H3N3O7/c1-13(2)15(14-9-5-3-6-10-14)16-11-7-4-8-12-16;10-6-4(8(13)14)1-3(7(11)12)2-5(6)9(15)16/h3,5-6,9-10,13,15H,4,7-8,11-12H2,1-2H3;1-2,10H. The number of phenolic OH excluding ortho intramolecular Hbond substituents is 1. The van der Waals surface area contributed by atoms with Gasteiger partial charge in [0.2, 0.25) is 0 Å². The maximum Gasteiger partial charge on any atom is 0.324 e. The summed E-state index contributed by atoms with van der Waals surface area (Å²) in [5.74, 6) is -0.513. The lowest BCUT2D eigenvalue weighted by Crippen LogP contribution is -2.36. The minimum Gasteiger partial charge on any atom is -0.497 e.